The zero-order valence-corrected chi connectivity index (χ0v) is 20.0. The summed E-state index contributed by atoms with van der Waals surface area (Å²) in [6.45, 7) is -0.485. The fourth-order valence-corrected chi connectivity index (χ4v) is 4.34. The van der Waals surface area contributed by atoms with E-state index >= 15 is 0 Å². The first-order chi connectivity index (χ1) is 16.9. The molecule has 1 saturated heterocycles. The fraction of sp³-hybridized carbons (Fsp3) is 0.192. The lowest BCUT2D eigenvalue weighted by Gasteiger charge is -2.27. The zero-order chi connectivity index (χ0) is 25.0. The van der Waals surface area contributed by atoms with Gasteiger partial charge >= 0.3 is 6.03 Å². The monoisotopic (exact) mass is 493 g/mol. The van der Waals surface area contributed by atoms with Crippen molar-refractivity contribution in [3.05, 3.63) is 88.9 Å². The molecule has 1 atom stereocenters. The highest BCUT2D eigenvalue weighted by atomic mass is 35.5. The number of urea groups is 1. The van der Waals surface area contributed by atoms with Crippen molar-refractivity contribution in [1.29, 1.82) is 0 Å². The van der Waals surface area contributed by atoms with Gasteiger partial charge in [-0.25, -0.2) is 4.79 Å². The highest BCUT2D eigenvalue weighted by Gasteiger charge is 2.52. The van der Waals surface area contributed by atoms with Crippen LogP contribution in [0, 0.1) is 0 Å². The molecule has 1 unspecified atom stereocenters. The molecule has 180 valence electrons. The third-order valence-corrected chi connectivity index (χ3v) is 6.10. The Balaban J connectivity index is 1.60. The summed E-state index contributed by atoms with van der Waals surface area (Å²) in [5.41, 5.74) is 0.456. The molecule has 4 rings (SSSR count). The van der Waals surface area contributed by atoms with Crippen LogP contribution in [0.3, 0.4) is 0 Å². The Morgan fingerprint density at radius 1 is 0.971 bits per heavy atom. The van der Waals surface area contributed by atoms with Crippen LogP contribution >= 0.6 is 11.6 Å². The van der Waals surface area contributed by atoms with Gasteiger partial charge in [0.15, 0.2) is 5.54 Å². The van der Waals surface area contributed by atoms with Crippen LogP contribution in [-0.2, 0) is 21.5 Å². The Kier molecular flexibility index (Phi) is 6.93. The first-order valence-corrected chi connectivity index (χ1v) is 11.2. The molecule has 0 spiro atoms. The van der Waals surface area contributed by atoms with Gasteiger partial charge in [0.05, 0.1) is 24.9 Å². The molecule has 1 aliphatic heterocycles. The second kappa shape index (κ2) is 10.1. The quantitative estimate of drug-likeness (QED) is 0.462. The lowest BCUT2D eigenvalue weighted by molar-refractivity contribution is -0.134. The average molecular weight is 494 g/mol. The van der Waals surface area contributed by atoms with E-state index in [9.17, 15) is 14.4 Å². The van der Waals surface area contributed by atoms with E-state index in [1.807, 2.05) is 36.4 Å². The predicted octanol–water partition coefficient (Wildman–Crippen LogP) is 3.99. The van der Waals surface area contributed by atoms with Crippen molar-refractivity contribution in [1.82, 2.24) is 10.2 Å². The molecule has 0 aromatic heterocycles. The number of hydrogen-bond donors (Lipinski definition) is 2. The van der Waals surface area contributed by atoms with Crippen molar-refractivity contribution in [2.24, 2.45) is 0 Å². The first kappa shape index (κ1) is 24.1. The number of ether oxygens (including phenoxy) is 2. The molecule has 1 fully saturated rings. The number of benzene rings is 3. The molecule has 1 heterocycles. The maximum absolute atomic E-state index is 13.7. The Labute approximate surface area is 207 Å². The molecule has 1 aliphatic rings. The van der Waals surface area contributed by atoms with Gasteiger partial charge < -0.3 is 20.1 Å². The molecule has 2 N–H and O–H groups in total. The number of methoxy groups -OCH3 is 2. The second-order valence-corrected chi connectivity index (χ2v) is 8.40. The number of nitrogens with one attached hydrogen (secondary N) is 2. The normalized spacial score (nSPS) is 17.2. The summed E-state index contributed by atoms with van der Waals surface area (Å²) in [4.78, 5) is 40.5. The standard InChI is InChI=1S/C26H24ClN3O5/c1-34-21-14-22(35-2)20(13-19(21)27)28-23(31)16-30-24(32)26(29-25(30)33,18-11-7-4-8-12-18)15-17-9-5-3-6-10-17/h3-14H,15-16H2,1-2H3,(H,28,31)(H,29,33). The van der Waals surface area contributed by atoms with Crippen LogP contribution in [0.1, 0.15) is 11.1 Å². The van der Waals surface area contributed by atoms with Gasteiger partial charge in [-0.1, -0.05) is 72.3 Å². The third-order valence-electron chi connectivity index (χ3n) is 5.80. The highest BCUT2D eigenvalue weighted by Crippen LogP contribution is 2.36. The second-order valence-electron chi connectivity index (χ2n) is 7.99. The summed E-state index contributed by atoms with van der Waals surface area (Å²) >= 11 is 6.18. The van der Waals surface area contributed by atoms with Crippen LogP contribution in [0.4, 0.5) is 10.5 Å². The Bertz CT molecular complexity index is 1250. The Morgan fingerprint density at radius 3 is 2.23 bits per heavy atom. The van der Waals surface area contributed by atoms with Crippen LogP contribution in [0.2, 0.25) is 5.02 Å². The van der Waals surface area contributed by atoms with Gasteiger partial charge in [-0.15, -0.1) is 0 Å². The van der Waals surface area contributed by atoms with E-state index in [1.165, 1.54) is 26.4 Å². The fourth-order valence-electron chi connectivity index (χ4n) is 4.10. The molecule has 0 saturated carbocycles. The molecular formula is C26H24ClN3O5. The summed E-state index contributed by atoms with van der Waals surface area (Å²) in [5, 5.41) is 5.77. The van der Waals surface area contributed by atoms with Crippen LogP contribution in [0.5, 0.6) is 11.5 Å². The topological polar surface area (TPSA) is 97.0 Å². The summed E-state index contributed by atoms with van der Waals surface area (Å²) in [6, 6.07) is 20.8. The van der Waals surface area contributed by atoms with Crippen LogP contribution in [0.25, 0.3) is 0 Å². The Morgan fingerprint density at radius 2 is 1.60 bits per heavy atom. The number of anilines is 1. The van der Waals surface area contributed by atoms with Gasteiger partial charge in [-0.3, -0.25) is 14.5 Å². The average Bonchev–Trinajstić information content (AvgIpc) is 3.10. The molecule has 0 aliphatic carbocycles. The number of imide groups is 1. The molecular weight excluding hydrogens is 470 g/mol. The van der Waals surface area contributed by atoms with Gasteiger partial charge in [-0.2, -0.15) is 0 Å². The van der Waals surface area contributed by atoms with E-state index in [0.29, 0.717) is 17.1 Å². The van der Waals surface area contributed by atoms with Crippen LogP contribution in [-0.4, -0.2) is 43.5 Å². The van der Waals surface area contributed by atoms with Crippen molar-refractivity contribution in [2.75, 3.05) is 26.1 Å². The van der Waals surface area contributed by atoms with Gasteiger partial charge in [0, 0.05) is 12.5 Å². The number of carbonyl (C=O) groups excluding carboxylic acids is 3. The van der Waals surface area contributed by atoms with E-state index in [1.54, 1.807) is 24.3 Å². The van der Waals surface area contributed by atoms with E-state index in [0.717, 1.165) is 10.5 Å². The molecule has 0 bridgehead atoms. The van der Waals surface area contributed by atoms with Crippen LogP contribution < -0.4 is 20.1 Å². The van der Waals surface area contributed by atoms with Gasteiger partial charge in [-0.05, 0) is 17.2 Å². The molecule has 4 amide bonds. The van der Waals surface area contributed by atoms with Crippen molar-refractivity contribution in [2.45, 2.75) is 12.0 Å². The van der Waals surface area contributed by atoms with E-state index in [-0.39, 0.29) is 17.1 Å². The predicted molar refractivity (Wildman–Crippen MR) is 132 cm³/mol. The smallest absolute Gasteiger partial charge is 0.325 e. The zero-order valence-electron chi connectivity index (χ0n) is 19.2. The van der Waals surface area contributed by atoms with Gasteiger partial charge in [0.1, 0.15) is 18.0 Å². The van der Waals surface area contributed by atoms with E-state index in [2.05, 4.69) is 10.6 Å². The summed E-state index contributed by atoms with van der Waals surface area (Å²) < 4.78 is 10.5. The molecule has 35 heavy (non-hydrogen) atoms. The minimum Gasteiger partial charge on any atom is -0.495 e. The van der Waals surface area contributed by atoms with Crippen LogP contribution in [0.15, 0.2) is 72.8 Å². The molecule has 0 radical (unpaired) electrons. The Hall–Kier alpha value is -4.04. The maximum Gasteiger partial charge on any atom is 0.325 e. The van der Waals surface area contributed by atoms with Crippen molar-refractivity contribution < 1.29 is 23.9 Å². The number of amides is 4. The summed E-state index contributed by atoms with van der Waals surface area (Å²) in [7, 11) is 2.90. The molecule has 3 aromatic rings. The van der Waals surface area contributed by atoms with E-state index < -0.39 is 29.9 Å². The van der Waals surface area contributed by atoms with Crippen molar-refractivity contribution in [3.63, 3.8) is 0 Å². The molecule has 3 aromatic carbocycles. The minimum atomic E-state index is -1.33. The van der Waals surface area contributed by atoms with Gasteiger partial charge in [0.25, 0.3) is 5.91 Å². The summed E-state index contributed by atoms with van der Waals surface area (Å²) in [5.74, 6) is -0.396. The third kappa shape index (κ3) is 4.79. The van der Waals surface area contributed by atoms with Crippen molar-refractivity contribution in [3.8, 4) is 11.5 Å². The maximum atomic E-state index is 13.7. The number of nitrogens with zero attached hydrogens (tertiary/aromatic N) is 1. The molecule has 9 heteroatoms. The lowest BCUT2D eigenvalue weighted by Crippen LogP contribution is -2.46. The lowest BCUT2D eigenvalue weighted by atomic mass is 9.83. The minimum absolute atomic E-state index is 0.239. The van der Waals surface area contributed by atoms with E-state index in [4.69, 9.17) is 21.1 Å². The van der Waals surface area contributed by atoms with Crippen molar-refractivity contribution >= 4 is 35.1 Å². The number of carbonyl (C=O) groups is 3. The SMILES string of the molecule is COc1cc(OC)c(NC(=O)CN2C(=O)NC(Cc3ccccc3)(c3ccccc3)C2=O)cc1Cl. The number of rotatable bonds is 8. The highest BCUT2D eigenvalue weighted by molar-refractivity contribution is 6.32. The largest absolute Gasteiger partial charge is 0.495 e. The number of hydrogen-bond acceptors (Lipinski definition) is 5. The number of halogens is 1. The first-order valence-electron chi connectivity index (χ1n) is 10.8. The van der Waals surface area contributed by atoms with Gasteiger partial charge in [0.2, 0.25) is 5.91 Å². The molecule has 8 nitrogen and oxygen atoms in total. The summed E-state index contributed by atoms with van der Waals surface area (Å²) in [6.07, 6.45) is 0.239.